The minimum absolute atomic E-state index is 0.513. The van der Waals surface area contributed by atoms with Crippen LogP contribution in [0.3, 0.4) is 0 Å². The van der Waals surface area contributed by atoms with Crippen molar-refractivity contribution in [2.45, 2.75) is 0 Å². The van der Waals surface area contributed by atoms with E-state index in [9.17, 15) is 0 Å². The summed E-state index contributed by atoms with van der Waals surface area (Å²) in [5.74, 6) is 0.760. The van der Waals surface area contributed by atoms with E-state index in [-0.39, 0.29) is 0 Å². The maximum absolute atomic E-state index is 8.93. The van der Waals surface area contributed by atoms with E-state index in [1.807, 2.05) is 28.1 Å². The van der Waals surface area contributed by atoms with Crippen LogP contribution < -0.4 is 0 Å². The Labute approximate surface area is 132 Å². The number of nitrogens with one attached hydrogen (secondary N) is 1. The molecular formula is C13H7BrN4S2. The Bertz CT molecular complexity index is 855. The highest BCUT2D eigenvalue weighted by Gasteiger charge is 2.14. The number of H-pyrrole nitrogens is 1. The first-order valence-electron chi connectivity index (χ1n) is 5.62. The predicted octanol–water partition coefficient (Wildman–Crippen LogP) is 4.29. The number of benzene rings is 1. The molecule has 0 saturated carbocycles. The number of nitrogens with zero attached hydrogens (tertiary/aromatic N) is 3. The normalized spacial score (nSPS) is 10.4. The van der Waals surface area contributed by atoms with Crippen LogP contribution in [0, 0.1) is 16.1 Å². The molecule has 0 spiro atoms. The van der Waals surface area contributed by atoms with Gasteiger partial charge in [0.2, 0.25) is 0 Å². The lowest BCUT2D eigenvalue weighted by atomic mass is 10.2. The van der Waals surface area contributed by atoms with Crippen LogP contribution in [-0.4, -0.2) is 14.8 Å². The Morgan fingerprint density at radius 2 is 2.25 bits per heavy atom. The molecule has 0 fully saturated rings. The zero-order valence-electron chi connectivity index (χ0n) is 10.0. The summed E-state index contributed by atoms with van der Waals surface area (Å²) in [6, 6.07) is 11.4. The molecular weight excluding hydrogens is 356 g/mol. The number of nitriles is 1. The van der Waals surface area contributed by atoms with Gasteiger partial charge in [-0.25, -0.2) is 0 Å². The number of aromatic amines is 1. The largest absolute Gasteiger partial charge is 0.266 e. The van der Waals surface area contributed by atoms with E-state index in [0.717, 1.165) is 20.9 Å². The summed E-state index contributed by atoms with van der Waals surface area (Å²) in [6.45, 7) is 0. The third kappa shape index (κ3) is 2.22. The summed E-state index contributed by atoms with van der Waals surface area (Å²) in [7, 11) is 0. The highest BCUT2D eigenvalue weighted by molar-refractivity contribution is 9.10. The lowest BCUT2D eigenvalue weighted by molar-refractivity contribution is 1.03. The van der Waals surface area contributed by atoms with Crippen LogP contribution in [0.25, 0.3) is 16.4 Å². The summed E-state index contributed by atoms with van der Waals surface area (Å²) < 4.78 is 3.16. The van der Waals surface area contributed by atoms with E-state index in [2.05, 4.69) is 32.2 Å². The maximum atomic E-state index is 8.93. The van der Waals surface area contributed by atoms with Crippen LogP contribution in [-0.2, 0) is 0 Å². The Morgan fingerprint density at radius 1 is 1.40 bits per heavy atom. The molecule has 1 aromatic carbocycles. The van der Waals surface area contributed by atoms with E-state index in [4.69, 9.17) is 17.5 Å². The molecule has 7 heteroatoms. The zero-order chi connectivity index (χ0) is 14.1. The average molecular weight is 363 g/mol. The fraction of sp³-hybridized carbons (Fsp3) is 0. The van der Waals surface area contributed by atoms with Gasteiger partial charge in [-0.2, -0.15) is 10.4 Å². The van der Waals surface area contributed by atoms with Gasteiger partial charge in [-0.3, -0.25) is 9.67 Å². The molecule has 3 rings (SSSR count). The van der Waals surface area contributed by atoms with Gasteiger partial charge in [-0.15, -0.1) is 11.3 Å². The third-order valence-electron chi connectivity index (χ3n) is 2.73. The lowest BCUT2D eigenvalue weighted by Gasteiger charge is -2.08. The van der Waals surface area contributed by atoms with Gasteiger partial charge < -0.3 is 0 Å². The SMILES string of the molecule is N#Cc1ccc(-n2c(-c3cccs3)n[nH]c2=S)c(Br)c1. The van der Waals surface area contributed by atoms with Crippen LogP contribution in [0.5, 0.6) is 0 Å². The number of hydrogen-bond acceptors (Lipinski definition) is 4. The van der Waals surface area contributed by atoms with Gasteiger partial charge in [-0.1, -0.05) is 6.07 Å². The minimum atomic E-state index is 0.513. The fourth-order valence-corrected chi connectivity index (χ4v) is 3.34. The second-order valence-corrected chi connectivity index (χ2v) is 6.13. The van der Waals surface area contributed by atoms with E-state index < -0.39 is 0 Å². The highest BCUT2D eigenvalue weighted by atomic mass is 79.9. The van der Waals surface area contributed by atoms with Gasteiger partial charge in [0.25, 0.3) is 0 Å². The van der Waals surface area contributed by atoms with Gasteiger partial charge in [0.1, 0.15) is 0 Å². The molecule has 98 valence electrons. The second-order valence-electron chi connectivity index (χ2n) is 3.94. The standard InChI is InChI=1S/C13H7BrN4S2/c14-9-6-8(7-15)3-4-10(9)18-12(16-17-13(18)19)11-2-1-5-20-11/h1-6H,(H,17,19). The first-order valence-corrected chi connectivity index (χ1v) is 7.70. The molecule has 0 aliphatic carbocycles. The molecule has 0 amide bonds. The molecule has 4 nitrogen and oxygen atoms in total. The number of hydrogen-bond donors (Lipinski definition) is 1. The summed E-state index contributed by atoms with van der Waals surface area (Å²) in [5, 5.41) is 18.0. The Kier molecular flexibility index (Phi) is 3.53. The molecule has 2 aromatic heterocycles. The van der Waals surface area contributed by atoms with Crippen LogP contribution >= 0.6 is 39.5 Å². The van der Waals surface area contributed by atoms with Crippen molar-refractivity contribution in [3.63, 3.8) is 0 Å². The zero-order valence-corrected chi connectivity index (χ0v) is 13.2. The fourth-order valence-electron chi connectivity index (χ4n) is 1.85. The summed E-state index contributed by atoms with van der Waals surface area (Å²) in [6.07, 6.45) is 0. The summed E-state index contributed by atoms with van der Waals surface area (Å²) in [5.41, 5.74) is 1.44. The minimum Gasteiger partial charge on any atom is -0.266 e. The molecule has 20 heavy (non-hydrogen) atoms. The van der Waals surface area contributed by atoms with E-state index in [0.29, 0.717) is 10.3 Å². The molecule has 0 bridgehead atoms. The number of rotatable bonds is 2. The van der Waals surface area contributed by atoms with Crippen molar-refractivity contribution in [3.8, 4) is 22.5 Å². The average Bonchev–Trinajstić information content (AvgIpc) is 3.08. The number of halogens is 1. The smallest absolute Gasteiger partial charge is 0.200 e. The molecule has 0 radical (unpaired) electrons. The predicted molar refractivity (Wildman–Crippen MR) is 84.5 cm³/mol. The first kappa shape index (κ1) is 13.2. The van der Waals surface area contributed by atoms with Gasteiger partial charge >= 0.3 is 0 Å². The molecule has 0 aliphatic rings. The van der Waals surface area contributed by atoms with E-state index in [1.165, 1.54) is 0 Å². The van der Waals surface area contributed by atoms with Crippen LogP contribution in [0.1, 0.15) is 5.56 Å². The van der Waals surface area contributed by atoms with Crippen LogP contribution in [0.2, 0.25) is 0 Å². The van der Waals surface area contributed by atoms with Crippen molar-refractivity contribution in [3.05, 3.63) is 50.5 Å². The Hall–Kier alpha value is -1.75. The topological polar surface area (TPSA) is 57.4 Å². The maximum Gasteiger partial charge on any atom is 0.200 e. The van der Waals surface area contributed by atoms with Gasteiger partial charge in [0.05, 0.1) is 22.2 Å². The van der Waals surface area contributed by atoms with Crippen molar-refractivity contribution >= 4 is 39.5 Å². The first-order chi connectivity index (χ1) is 9.70. The van der Waals surface area contributed by atoms with Crippen LogP contribution in [0.15, 0.2) is 40.2 Å². The van der Waals surface area contributed by atoms with Crippen molar-refractivity contribution in [1.29, 1.82) is 5.26 Å². The molecule has 1 N–H and O–H groups in total. The molecule has 2 heterocycles. The molecule has 0 atom stereocenters. The number of thiophene rings is 1. The molecule has 3 aromatic rings. The van der Waals surface area contributed by atoms with Gasteiger partial charge in [0, 0.05) is 4.47 Å². The van der Waals surface area contributed by atoms with E-state index >= 15 is 0 Å². The molecule has 0 aliphatic heterocycles. The molecule has 0 saturated heterocycles. The van der Waals surface area contributed by atoms with Crippen molar-refractivity contribution in [1.82, 2.24) is 14.8 Å². The second kappa shape index (κ2) is 5.32. The van der Waals surface area contributed by atoms with Crippen LogP contribution in [0.4, 0.5) is 0 Å². The van der Waals surface area contributed by atoms with Crippen molar-refractivity contribution in [2.24, 2.45) is 0 Å². The summed E-state index contributed by atoms with van der Waals surface area (Å²) >= 11 is 10.4. The molecule has 0 unspecified atom stereocenters. The van der Waals surface area contributed by atoms with Crippen molar-refractivity contribution < 1.29 is 0 Å². The summed E-state index contributed by atoms with van der Waals surface area (Å²) in [4.78, 5) is 1.02. The van der Waals surface area contributed by atoms with Gasteiger partial charge in [0.15, 0.2) is 10.6 Å². The lowest BCUT2D eigenvalue weighted by Crippen LogP contribution is -1.98. The Morgan fingerprint density at radius 3 is 2.90 bits per heavy atom. The van der Waals surface area contributed by atoms with Gasteiger partial charge in [-0.05, 0) is 57.8 Å². The Balaban J connectivity index is 2.24. The van der Waals surface area contributed by atoms with Crippen molar-refractivity contribution in [2.75, 3.05) is 0 Å². The monoisotopic (exact) mass is 362 g/mol. The number of aromatic nitrogens is 3. The van der Waals surface area contributed by atoms with E-state index in [1.54, 1.807) is 23.5 Å². The third-order valence-corrected chi connectivity index (χ3v) is 4.51. The quantitative estimate of drug-likeness (QED) is 0.691. The highest BCUT2D eigenvalue weighted by Crippen LogP contribution is 2.29.